The molecule has 1 saturated heterocycles. The van der Waals surface area contributed by atoms with Crippen molar-refractivity contribution in [3.63, 3.8) is 0 Å². The fraction of sp³-hybridized carbons (Fsp3) is 0.500. The van der Waals surface area contributed by atoms with Crippen molar-refractivity contribution in [3.8, 4) is 0 Å². The predicted molar refractivity (Wildman–Crippen MR) is 78.1 cm³/mol. The van der Waals surface area contributed by atoms with Gasteiger partial charge in [-0.3, -0.25) is 9.59 Å². The lowest BCUT2D eigenvalue weighted by molar-refractivity contribution is -0.147. The third-order valence-corrected chi connectivity index (χ3v) is 3.64. The van der Waals surface area contributed by atoms with Crippen LogP contribution in [0, 0.1) is 6.92 Å². The average Bonchev–Trinajstić information content (AvgIpc) is 2.46. The summed E-state index contributed by atoms with van der Waals surface area (Å²) in [7, 11) is 0. The first kappa shape index (κ1) is 15.5. The van der Waals surface area contributed by atoms with Crippen LogP contribution in [0.5, 0.6) is 0 Å². The molecule has 1 N–H and O–H groups in total. The van der Waals surface area contributed by atoms with Crippen molar-refractivity contribution < 1.29 is 19.4 Å². The molecule has 0 spiro atoms. The molecule has 1 amide bonds. The van der Waals surface area contributed by atoms with Gasteiger partial charge in [0.25, 0.3) is 0 Å². The van der Waals surface area contributed by atoms with Crippen LogP contribution >= 0.6 is 0 Å². The molecule has 0 radical (unpaired) electrons. The Morgan fingerprint density at radius 1 is 1.33 bits per heavy atom. The zero-order chi connectivity index (χ0) is 15.2. The van der Waals surface area contributed by atoms with Gasteiger partial charge in [-0.2, -0.15) is 0 Å². The van der Waals surface area contributed by atoms with E-state index < -0.39 is 5.97 Å². The summed E-state index contributed by atoms with van der Waals surface area (Å²) in [5.74, 6) is -0.830. The summed E-state index contributed by atoms with van der Waals surface area (Å²) in [6, 6.07) is 8.15. The first-order chi connectivity index (χ1) is 10.0. The molecule has 1 aromatic carbocycles. The Hall–Kier alpha value is -1.88. The minimum atomic E-state index is -0.894. The zero-order valence-electron chi connectivity index (χ0n) is 12.2. The van der Waals surface area contributed by atoms with Crippen molar-refractivity contribution >= 4 is 11.9 Å². The summed E-state index contributed by atoms with van der Waals surface area (Å²) in [6.07, 6.45) is 0.713. The van der Waals surface area contributed by atoms with E-state index in [4.69, 9.17) is 9.84 Å². The number of ether oxygens (including phenoxy) is 1. The smallest absolute Gasteiger partial charge is 0.306 e. The fourth-order valence-electron chi connectivity index (χ4n) is 2.43. The number of benzene rings is 1. The largest absolute Gasteiger partial charge is 0.481 e. The van der Waals surface area contributed by atoms with E-state index in [2.05, 4.69) is 0 Å². The zero-order valence-corrected chi connectivity index (χ0v) is 12.2. The van der Waals surface area contributed by atoms with Gasteiger partial charge in [0.2, 0.25) is 5.91 Å². The number of carbonyl (C=O) groups excluding carboxylic acids is 1. The first-order valence-electron chi connectivity index (χ1n) is 7.21. The molecule has 1 unspecified atom stereocenters. The number of carboxylic acid groups (broad SMARTS) is 1. The molecule has 2 rings (SSSR count). The number of carboxylic acids is 1. The highest BCUT2D eigenvalue weighted by atomic mass is 16.5. The second-order valence-corrected chi connectivity index (χ2v) is 5.42. The van der Waals surface area contributed by atoms with Crippen molar-refractivity contribution in [3.05, 3.63) is 35.4 Å². The number of hydrogen-bond donors (Lipinski definition) is 1. The molecule has 114 valence electrons. The van der Waals surface area contributed by atoms with Crippen LogP contribution in [0.4, 0.5) is 0 Å². The van der Waals surface area contributed by atoms with E-state index in [1.54, 1.807) is 4.90 Å². The van der Waals surface area contributed by atoms with Crippen LogP contribution in [0.1, 0.15) is 24.0 Å². The van der Waals surface area contributed by atoms with E-state index in [1.165, 1.54) is 5.56 Å². The molecule has 21 heavy (non-hydrogen) atoms. The molecule has 1 aromatic rings. The maximum atomic E-state index is 12.2. The number of aryl methyl sites for hydroxylation is 2. The third kappa shape index (κ3) is 4.86. The third-order valence-electron chi connectivity index (χ3n) is 3.64. The molecule has 1 fully saturated rings. The van der Waals surface area contributed by atoms with E-state index in [1.807, 2.05) is 31.2 Å². The number of rotatable bonds is 5. The van der Waals surface area contributed by atoms with Crippen LogP contribution < -0.4 is 0 Å². The Morgan fingerprint density at radius 2 is 2.05 bits per heavy atom. The Bertz CT molecular complexity index is 498. The second-order valence-electron chi connectivity index (χ2n) is 5.42. The van der Waals surface area contributed by atoms with Gasteiger partial charge in [-0.25, -0.2) is 0 Å². The fourth-order valence-corrected chi connectivity index (χ4v) is 2.43. The average molecular weight is 291 g/mol. The lowest BCUT2D eigenvalue weighted by Crippen LogP contribution is -2.46. The summed E-state index contributed by atoms with van der Waals surface area (Å²) < 4.78 is 5.37. The van der Waals surface area contributed by atoms with E-state index in [-0.39, 0.29) is 18.4 Å². The van der Waals surface area contributed by atoms with E-state index >= 15 is 0 Å². The Balaban J connectivity index is 1.82. The van der Waals surface area contributed by atoms with Crippen LogP contribution in [0.25, 0.3) is 0 Å². The van der Waals surface area contributed by atoms with Gasteiger partial charge < -0.3 is 14.7 Å². The minimum Gasteiger partial charge on any atom is -0.481 e. The summed E-state index contributed by atoms with van der Waals surface area (Å²) >= 11 is 0. The van der Waals surface area contributed by atoms with Crippen molar-refractivity contribution in [1.29, 1.82) is 0 Å². The van der Waals surface area contributed by atoms with Gasteiger partial charge in [0.05, 0.1) is 19.1 Å². The molecule has 1 heterocycles. The number of amides is 1. The van der Waals surface area contributed by atoms with Gasteiger partial charge in [-0.05, 0) is 18.9 Å². The number of carbonyl (C=O) groups is 2. The highest BCUT2D eigenvalue weighted by Gasteiger charge is 2.25. The van der Waals surface area contributed by atoms with Crippen molar-refractivity contribution in [1.82, 2.24) is 4.90 Å². The highest BCUT2D eigenvalue weighted by molar-refractivity contribution is 5.76. The molecule has 0 saturated carbocycles. The van der Waals surface area contributed by atoms with Crippen molar-refractivity contribution in [2.75, 3.05) is 19.7 Å². The van der Waals surface area contributed by atoms with Crippen LogP contribution in [0.3, 0.4) is 0 Å². The molecule has 5 heteroatoms. The molecule has 1 atom stereocenters. The standard InChI is InChI=1S/C16H21NO4/c1-12-2-4-13(5-3-12)6-7-15(18)17-8-9-21-14(11-17)10-16(19)20/h2-5,14H,6-11H2,1H3,(H,19,20). The van der Waals surface area contributed by atoms with Crippen LogP contribution in [-0.4, -0.2) is 47.7 Å². The van der Waals surface area contributed by atoms with Gasteiger partial charge in [-0.1, -0.05) is 29.8 Å². The summed E-state index contributed by atoms with van der Waals surface area (Å²) in [5.41, 5.74) is 2.35. The minimum absolute atomic E-state index is 0.0538. The Labute approximate surface area is 124 Å². The number of hydrogen-bond acceptors (Lipinski definition) is 3. The van der Waals surface area contributed by atoms with Crippen LogP contribution in [0.15, 0.2) is 24.3 Å². The van der Waals surface area contributed by atoms with Crippen LogP contribution in [0.2, 0.25) is 0 Å². The maximum Gasteiger partial charge on any atom is 0.306 e. The van der Waals surface area contributed by atoms with E-state index in [9.17, 15) is 9.59 Å². The van der Waals surface area contributed by atoms with Gasteiger partial charge in [-0.15, -0.1) is 0 Å². The quantitative estimate of drug-likeness (QED) is 0.895. The predicted octanol–water partition coefficient (Wildman–Crippen LogP) is 1.63. The van der Waals surface area contributed by atoms with Gasteiger partial charge in [0.1, 0.15) is 0 Å². The molecule has 0 bridgehead atoms. The van der Waals surface area contributed by atoms with Crippen molar-refractivity contribution in [2.45, 2.75) is 32.3 Å². The van der Waals surface area contributed by atoms with Gasteiger partial charge in [0, 0.05) is 19.5 Å². The highest BCUT2D eigenvalue weighted by Crippen LogP contribution is 2.12. The molecular weight excluding hydrogens is 270 g/mol. The van der Waals surface area contributed by atoms with E-state index in [0.717, 1.165) is 5.56 Å². The van der Waals surface area contributed by atoms with Gasteiger partial charge >= 0.3 is 5.97 Å². The number of nitrogens with zero attached hydrogens (tertiary/aromatic N) is 1. The SMILES string of the molecule is Cc1ccc(CCC(=O)N2CCOC(CC(=O)O)C2)cc1. The molecular formula is C16H21NO4. The summed E-state index contributed by atoms with van der Waals surface area (Å²) in [4.78, 5) is 24.6. The Kier molecular flexibility index (Phi) is 5.33. The van der Waals surface area contributed by atoms with Crippen molar-refractivity contribution in [2.24, 2.45) is 0 Å². The normalized spacial score (nSPS) is 18.5. The number of morpholine rings is 1. The number of aliphatic carboxylic acids is 1. The summed E-state index contributed by atoms with van der Waals surface area (Å²) in [6.45, 7) is 3.36. The lowest BCUT2D eigenvalue weighted by Gasteiger charge is -2.32. The second kappa shape index (κ2) is 7.22. The topological polar surface area (TPSA) is 66.8 Å². The lowest BCUT2D eigenvalue weighted by atomic mass is 10.1. The summed E-state index contributed by atoms with van der Waals surface area (Å²) in [5, 5.41) is 8.78. The first-order valence-corrected chi connectivity index (χ1v) is 7.21. The van der Waals surface area contributed by atoms with E-state index in [0.29, 0.717) is 32.5 Å². The molecule has 0 aliphatic carbocycles. The monoisotopic (exact) mass is 291 g/mol. The molecule has 5 nitrogen and oxygen atoms in total. The van der Waals surface area contributed by atoms with Gasteiger partial charge in [0.15, 0.2) is 0 Å². The molecule has 1 aliphatic rings. The Morgan fingerprint density at radius 3 is 2.71 bits per heavy atom. The molecule has 1 aliphatic heterocycles. The maximum absolute atomic E-state index is 12.2. The van der Waals surface area contributed by atoms with Crippen LogP contribution in [-0.2, 0) is 20.7 Å². The molecule has 0 aromatic heterocycles.